The Hall–Kier alpha value is -5.48. The molecule has 0 spiro atoms. The molecule has 0 saturated heterocycles. The number of anilines is 2. The molecule has 4 nitrogen and oxygen atoms in total. The van der Waals surface area contributed by atoms with E-state index < -0.39 is 0 Å². The number of hydrogen-bond acceptors (Lipinski definition) is 4. The summed E-state index contributed by atoms with van der Waals surface area (Å²) in [4.78, 5) is 0. The van der Waals surface area contributed by atoms with E-state index >= 15 is 0 Å². The van der Waals surface area contributed by atoms with Crippen LogP contribution in [-0.4, -0.2) is 0 Å². The highest BCUT2D eigenvalue weighted by Crippen LogP contribution is 2.36. The lowest BCUT2D eigenvalue weighted by Gasteiger charge is -2.26. The van der Waals surface area contributed by atoms with Crippen LogP contribution in [0.4, 0.5) is 11.4 Å². The third-order valence-corrected chi connectivity index (χ3v) is 8.89. The van der Waals surface area contributed by atoms with Gasteiger partial charge in [-0.05, 0) is 106 Å². The lowest BCUT2D eigenvalue weighted by atomic mass is 9.78. The number of nitrogen functional groups attached to an aromatic ring is 2. The van der Waals surface area contributed by atoms with E-state index in [-0.39, 0.29) is 10.8 Å². The Labute approximate surface area is 272 Å². The largest absolute Gasteiger partial charge is 0.457 e. The van der Waals surface area contributed by atoms with Crippen LogP contribution in [0.5, 0.6) is 23.0 Å². The number of nitrogens with two attached hydrogens (primary N) is 2. The Morgan fingerprint density at radius 3 is 1.00 bits per heavy atom. The molecule has 0 bridgehead atoms. The van der Waals surface area contributed by atoms with E-state index in [1.165, 1.54) is 22.3 Å². The van der Waals surface area contributed by atoms with Crippen LogP contribution in [0.25, 0.3) is 11.1 Å². The van der Waals surface area contributed by atoms with Crippen molar-refractivity contribution < 1.29 is 9.47 Å². The maximum Gasteiger partial charge on any atom is 0.128 e. The minimum atomic E-state index is -0.157. The number of rotatable bonds is 9. The van der Waals surface area contributed by atoms with E-state index in [2.05, 4.69) is 100 Å². The summed E-state index contributed by atoms with van der Waals surface area (Å²) in [7, 11) is 0. The smallest absolute Gasteiger partial charge is 0.128 e. The minimum absolute atomic E-state index is 0.157. The molecule has 0 radical (unpaired) electrons. The summed E-state index contributed by atoms with van der Waals surface area (Å²) in [5.74, 6) is 3.12. The molecule has 0 fully saturated rings. The van der Waals surface area contributed by atoms with Crippen molar-refractivity contribution in [3.63, 3.8) is 0 Å². The second-order valence-electron chi connectivity index (χ2n) is 12.8. The van der Waals surface area contributed by atoms with Crippen molar-refractivity contribution in [3.8, 4) is 34.1 Å². The van der Waals surface area contributed by atoms with Crippen molar-refractivity contribution in [3.05, 3.63) is 168 Å². The number of benzene rings is 6. The standard InChI is InChI=1S/C42H40N2O2/c1-41(2,31-11-19-35(43)20-12-31)33-15-23-37(24-16-33)45-39-9-5-7-29(27-39)30-8-6-10-40(28-30)46-38-25-17-34(18-26-38)42(3,4)32-13-21-36(44)22-14-32/h5-28H,43-44H2,1-4H3. The summed E-state index contributed by atoms with van der Waals surface area (Å²) in [5.41, 5.74) is 19.9. The molecular weight excluding hydrogens is 564 g/mol. The van der Waals surface area contributed by atoms with Gasteiger partial charge in [-0.2, -0.15) is 0 Å². The Morgan fingerprint density at radius 1 is 0.370 bits per heavy atom. The SMILES string of the molecule is CC(C)(c1ccc(N)cc1)c1ccc(Oc2cccc(-c3cccc(Oc4ccc(C(C)(C)c5ccc(N)cc5)cc4)c3)c2)cc1. The van der Waals surface area contributed by atoms with Gasteiger partial charge in [0.05, 0.1) is 0 Å². The van der Waals surface area contributed by atoms with Gasteiger partial charge in [0.25, 0.3) is 0 Å². The predicted molar refractivity (Wildman–Crippen MR) is 191 cm³/mol. The van der Waals surface area contributed by atoms with Crippen LogP contribution in [0, 0.1) is 0 Å². The van der Waals surface area contributed by atoms with Gasteiger partial charge in [-0.1, -0.05) is 100 Å². The van der Waals surface area contributed by atoms with Gasteiger partial charge in [0, 0.05) is 22.2 Å². The minimum Gasteiger partial charge on any atom is -0.457 e. The van der Waals surface area contributed by atoms with Crippen LogP contribution in [0.3, 0.4) is 0 Å². The summed E-state index contributed by atoms with van der Waals surface area (Å²) >= 11 is 0. The van der Waals surface area contributed by atoms with E-state index in [0.717, 1.165) is 45.5 Å². The molecule has 0 saturated carbocycles. The van der Waals surface area contributed by atoms with Crippen molar-refractivity contribution in [2.75, 3.05) is 11.5 Å². The highest BCUT2D eigenvalue weighted by Gasteiger charge is 2.24. The summed E-state index contributed by atoms with van der Waals surface area (Å²) < 4.78 is 12.6. The quantitative estimate of drug-likeness (QED) is 0.161. The van der Waals surface area contributed by atoms with Crippen LogP contribution < -0.4 is 20.9 Å². The fourth-order valence-corrected chi connectivity index (χ4v) is 5.76. The van der Waals surface area contributed by atoms with Crippen molar-refractivity contribution >= 4 is 11.4 Å². The first-order valence-corrected chi connectivity index (χ1v) is 15.6. The van der Waals surface area contributed by atoms with Crippen LogP contribution in [0.1, 0.15) is 49.9 Å². The summed E-state index contributed by atoms with van der Waals surface area (Å²) in [6.07, 6.45) is 0. The highest BCUT2D eigenvalue weighted by atomic mass is 16.5. The second kappa shape index (κ2) is 12.5. The molecule has 0 unspecified atom stereocenters. The van der Waals surface area contributed by atoms with E-state index in [1.807, 2.05) is 72.8 Å². The van der Waals surface area contributed by atoms with Crippen LogP contribution in [0.15, 0.2) is 146 Å². The lowest BCUT2D eigenvalue weighted by molar-refractivity contribution is 0.481. The van der Waals surface area contributed by atoms with Gasteiger partial charge in [0.2, 0.25) is 0 Å². The molecule has 230 valence electrons. The molecule has 0 atom stereocenters. The molecule has 6 aromatic carbocycles. The summed E-state index contributed by atoms with van der Waals surface area (Å²) in [6.45, 7) is 8.87. The van der Waals surface area contributed by atoms with Crippen LogP contribution in [-0.2, 0) is 10.8 Å². The molecule has 46 heavy (non-hydrogen) atoms. The fourth-order valence-electron chi connectivity index (χ4n) is 5.76. The lowest BCUT2D eigenvalue weighted by Crippen LogP contribution is -2.18. The molecule has 0 aliphatic rings. The average Bonchev–Trinajstić information content (AvgIpc) is 3.06. The van der Waals surface area contributed by atoms with Crippen molar-refractivity contribution in [2.45, 2.75) is 38.5 Å². The third kappa shape index (κ3) is 6.62. The van der Waals surface area contributed by atoms with Gasteiger partial charge in [0.1, 0.15) is 23.0 Å². The maximum absolute atomic E-state index is 6.28. The molecular formula is C42H40N2O2. The second-order valence-corrected chi connectivity index (χ2v) is 12.8. The molecule has 0 aliphatic heterocycles. The third-order valence-electron chi connectivity index (χ3n) is 8.89. The predicted octanol–water partition coefficient (Wildman–Crippen LogP) is 10.8. The van der Waals surface area contributed by atoms with Gasteiger partial charge in [-0.25, -0.2) is 0 Å². The normalized spacial score (nSPS) is 11.7. The van der Waals surface area contributed by atoms with Gasteiger partial charge in [-0.3, -0.25) is 0 Å². The monoisotopic (exact) mass is 604 g/mol. The zero-order chi connectivity index (χ0) is 32.3. The average molecular weight is 605 g/mol. The molecule has 4 heteroatoms. The van der Waals surface area contributed by atoms with Gasteiger partial charge >= 0.3 is 0 Å². The van der Waals surface area contributed by atoms with Gasteiger partial charge < -0.3 is 20.9 Å². The molecule has 0 aliphatic carbocycles. The Morgan fingerprint density at radius 2 is 0.674 bits per heavy atom. The Balaban J connectivity index is 1.14. The molecule has 0 aromatic heterocycles. The highest BCUT2D eigenvalue weighted by molar-refractivity contribution is 5.67. The van der Waals surface area contributed by atoms with Crippen molar-refractivity contribution in [1.29, 1.82) is 0 Å². The molecule has 0 amide bonds. The zero-order valence-electron chi connectivity index (χ0n) is 26.8. The number of hydrogen-bond donors (Lipinski definition) is 2. The first-order chi connectivity index (χ1) is 22.1. The first kappa shape index (κ1) is 30.5. The van der Waals surface area contributed by atoms with E-state index in [1.54, 1.807) is 0 Å². The van der Waals surface area contributed by atoms with E-state index in [4.69, 9.17) is 20.9 Å². The van der Waals surface area contributed by atoms with Crippen LogP contribution in [0.2, 0.25) is 0 Å². The van der Waals surface area contributed by atoms with Gasteiger partial charge in [0.15, 0.2) is 0 Å². The summed E-state index contributed by atoms with van der Waals surface area (Å²) in [6, 6.07) is 49.0. The Bertz CT molecular complexity index is 1780. The van der Waals surface area contributed by atoms with E-state index in [9.17, 15) is 0 Å². The van der Waals surface area contributed by atoms with Crippen LogP contribution >= 0.6 is 0 Å². The zero-order valence-corrected chi connectivity index (χ0v) is 26.8. The first-order valence-electron chi connectivity index (χ1n) is 15.6. The molecule has 4 N–H and O–H groups in total. The van der Waals surface area contributed by atoms with Crippen molar-refractivity contribution in [1.82, 2.24) is 0 Å². The molecule has 0 heterocycles. The molecule has 6 aromatic rings. The maximum atomic E-state index is 6.28. The number of ether oxygens (including phenoxy) is 2. The van der Waals surface area contributed by atoms with E-state index in [0.29, 0.717) is 0 Å². The Kier molecular flexibility index (Phi) is 8.29. The van der Waals surface area contributed by atoms with Gasteiger partial charge in [-0.15, -0.1) is 0 Å². The van der Waals surface area contributed by atoms with Crippen molar-refractivity contribution in [2.24, 2.45) is 0 Å². The fraction of sp³-hybridized carbons (Fsp3) is 0.143. The topological polar surface area (TPSA) is 70.5 Å². The molecule has 6 rings (SSSR count). The summed E-state index contributed by atoms with van der Waals surface area (Å²) in [5, 5.41) is 0.